The first-order chi connectivity index (χ1) is 8.15. The Hall–Kier alpha value is -1.88. The van der Waals surface area contributed by atoms with Crippen molar-refractivity contribution in [2.24, 2.45) is 5.84 Å². The molecule has 1 amide bonds. The zero-order valence-corrected chi connectivity index (χ0v) is 9.68. The molecule has 1 atom stereocenters. The van der Waals surface area contributed by atoms with Gasteiger partial charge in [0.2, 0.25) is 5.91 Å². The fraction of sp³-hybridized carbons (Fsp3) is 0.333. The average Bonchev–Trinajstić information content (AvgIpc) is 2.36. The number of aldehydes is 1. The summed E-state index contributed by atoms with van der Waals surface area (Å²) in [7, 11) is 0. The van der Waals surface area contributed by atoms with E-state index in [1.807, 2.05) is 6.92 Å². The molecule has 1 rings (SSSR count). The number of amides is 1. The van der Waals surface area contributed by atoms with E-state index in [2.05, 4.69) is 5.43 Å². The van der Waals surface area contributed by atoms with E-state index < -0.39 is 0 Å². The highest BCUT2D eigenvalue weighted by Gasteiger charge is 2.07. The maximum Gasteiger partial charge on any atom is 0.234 e. The van der Waals surface area contributed by atoms with E-state index in [0.717, 1.165) is 6.29 Å². The van der Waals surface area contributed by atoms with Gasteiger partial charge in [0.25, 0.3) is 0 Å². The van der Waals surface area contributed by atoms with E-state index in [-0.39, 0.29) is 12.0 Å². The summed E-state index contributed by atoms with van der Waals surface area (Å²) in [5.74, 6) is 5.37. The van der Waals surface area contributed by atoms with Crippen molar-refractivity contribution in [3.8, 4) is 5.75 Å². The van der Waals surface area contributed by atoms with Gasteiger partial charge in [0.05, 0.1) is 6.10 Å². The minimum Gasteiger partial charge on any atom is -0.491 e. The number of nitrogens with one attached hydrogen (secondary N) is 1. The van der Waals surface area contributed by atoms with Gasteiger partial charge in [0.1, 0.15) is 12.0 Å². The molecule has 1 unspecified atom stereocenters. The van der Waals surface area contributed by atoms with Gasteiger partial charge < -0.3 is 4.74 Å². The number of carbonyl (C=O) groups is 2. The monoisotopic (exact) mass is 236 g/mol. The van der Waals surface area contributed by atoms with E-state index in [9.17, 15) is 9.59 Å². The molecule has 0 fully saturated rings. The molecule has 0 aliphatic rings. The molecule has 1 aromatic carbocycles. The molecule has 0 saturated carbocycles. The van der Waals surface area contributed by atoms with Crippen LogP contribution in [0.5, 0.6) is 5.75 Å². The van der Waals surface area contributed by atoms with E-state index in [0.29, 0.717) is 24.2 Å². The van der Waals surface area contributed by atoms with Crippen LogP contribution in [0.3, 0.4) is 0 Å². The van der Waals surface area contributed by atoms with Crippen molar-refractivity contribution in [2.45, 2.75) is 25.9 Å². The third kappa shape index (κ3) is 4.65. The van der Waals surface area contributed by atoms with Crippen molar-refractivity contribution < 1.29 is 14.3 Å². The van der Waals surface area contributed by atoms with Gasteiger partial charge >= 0.3 is 0 Å². The minimum atomic E-state index is -0.220. The first-order valence-electron chi connectivity index (χ1n) is 5.37. The molecule has 0 spiro atoms. The summed E-state index contributed by atoms with van der Waals surface area (Å²) in [4.78, 5) is 21.5. The molecule has 5 heteroatoms. The van der Waals surface area contributed by atoms with Gasteiger partial charge in [0, 0.05) is 12.0 Å². The summed E-state index contributed by atoms with van der Waals surface area (Å²) >= 11 is 0. The molecule has 3 N–H and O–H groups in total. The highest BCUT2D eigenvalue weighted by atomic mass is 16.5. The Bertz CT molecular complexity index is 393. The van der Waals surface area contributed by atoms with Gasteiger partial charge in [-0.1, -0.05) is 12.1 Å². The number of hydrazine groups is 1. The van der Waals surface area contributed by atoms with Crippen molar-refractivity contribution in [1.29, 1.82) is 0 Å². The molecule has 92 valence electrons. The maximum atomic E-state index is 10.9. The second kappa shape index (κ2) is 6.65. The lowest BCUT2D eigenvalue weighted by atomic mass is 10.2. The van der Waals surface area contributed by atoms with E-state index in [1.165, 1.54) is 0 Å². The highest BCUT2D eigenvalue weighted by Crippen LogP contribution is 2.15. The number of hydrogen-bond donors (Lipinski definition) is 2. The van der Waals surface area contributed by atoms with Crippen molar-refractivity contribution in [2.75, 3.05) is 0 Å². The Morgan fingerprint density at radius 3 is 3.00 bits per heavy atom. The van der Waals surface area contributed by atoms with Gasteiger partial charge in [-0.05, 0) is 25.5 Å². The molecule has 0 heterocycles. The lowest BCUT2D eigenvalue weighted by Gasteiger charge is -2.14. The lowest BCUT2D eigenvalue weighted by molar-refractivity contribution is -0.121. The van der Waals surface area contributed by atoms with Gasteiger partial charge in [-0.2, -0.15) is 0 Å². The minimum absolute atomic E-state index is 0.116. The first-order valence-corrected chi connectivity index (χ1v) is 5.37. The molecular weight excluding hydrogens is 220 g/mol. The van der Waals surface area contributed by atoms with Crippen LogP contribution in [0.25, 0.3) is 0 Å². The Kier molecular flexibility index (Phi) is 5.16. The summed E-state index contributed by atoms with van der Waals surface area (Å²) in [6.07, 6.45) is 1.52. The number of benzene rings is 1. The summed E-state index contributed by atoms with van der Waals surface area (Å²) in [6.45, 7) is 1.86. The van der Waals surface area contributed by atoms with Gasteiger partial charge in [-0.15, -0.1) is 0 Å². The van der Waals surface area contributed by atoms with Crippen LogP contribution in [0.1, 0.15) is 30.1 Å². The zero-order chi connectivity index (χ0) is 12.7. The average molecular weight is 236 g/mol. The fourth-order valence-corrected chi connectivity index (χ4v) is 1.36. The van der Waals surface area contributed by atoms with Crippen molar-refractivity contribution >= 4 is 12.2 Å². The number of carbonyl (C=O) groups excluding carboxylic acids is 2. The van der Waals surface area contributed by atoms with Crippen LogP contribution < -0.4 is 16.0 Å². The quantitative estimate of drug-likeness (QED) is 0.334. The number of ether oxygens (including phenoxy) is 1. The smallest absolute Gasteiger partial charge is 0.234 e. The zero-order valence-electron chi connectivity index (χ0n) is 9.68. The summed E-state index contributed by atoms with van der Waals surface area (Å²) in [6, 6.07) is 6.88. The molecule has 0 aliphatic carbocycles. The van der Waals surface area contributed by atoms with Gasteiger partial charge in [-0.25, -0.2) is 5.84 Å². The van der Waals surface area contributed by atoms with Gasteiger partial charge in [0.15, 0.2) is 0 Å². The van der Waals surface area contributed by atoms with Crippen LogP contribution in [0, 0.1) is 0 Å². The van der Waals surface area contributed by atoms with E-state index >= 15 is 0 Å². The normalized spacial score (nSPS) is 11.6. The Labute approximate surface area is 99.9 Å². The Balaban J connectivity index is 2.46. The first kappa shape index (κ1) is 13.2. The van der Waals surface area contributed by atoms with E-state index in [1.54, 1.807) is 24.3 Å². The Morgan fingerprint density at radius 1 is 1.59 bits per heavy atom. The summed E-state index contributed by atoms with van der Waals surface area (Å²) < 4.78 is 5.57. The van der Waals surface area contributed by atoms with Gasteiger partial charge in [-0.3, -0.25) is 15.0 Å². The molecule has 0 aromatic heterocycles. The summed E-state index contributed by atoms with van der Waals surface area (Å²) in [5, 5.41) is 0. The van der Waals surface area contributed by atoms with Crippen molar-refractivity contribution in [3.05, 3.63) is 29.8 Å². The number of hydrogen-bond acceptors (Lipinski definition) is 4. The highest BCUT2D eigenvalue weighted by molar-refractivity contribution is 5.75. The molecule has 0 aliphatic heterocycles. The van der Waals surface area contributed by atoms with Crippen LogP contribution in [0.15, 0.2) is 24.3 Å². The maximum absolute atomic E-state index is 10.9. The van der Waals surface area contributed by atoms with Crippen molar-refractivity contribution in [3.63, 3.8) is 0 Å². The standard InChI is InChI=1S/C12H16N2O3/c1-9(5-6-12(16)14-13)17-11-4-2-3-10(7-11)8-15/h2-4,7-9H,5-6,13H2,1H3,(H,14,16). The number of nitrogens with two attached hydrogens (primary N) is 1. The van der Waals surface area contributed by atoms with Crippen LogP contribution in [0.2, 0.25) is 0 Å². The molecular formula is C12H16N2O3. The second-order valence-corrected chi connectivity index (χ2v) is 3.72. The molecule has 0 radical (unpaired) electrons. The SMILES string of the molecule is CC(CCC(=O)NN)Oc1cccc(C=O)c1. The molecule has 0 saturated heterocycles. The third-order valence-corrected chi connectivity index (χ3v) is 2.27. The van der Waals surface area contributed by atoms with Crippen LogP contribution in [-0.2, 0) is 4.79 Å². The van der Waals surface area contributed by atoms with Crippen LogP contribution >= 0.6 is 0 Å². The topological polar surface area (TPSA) is 81.4 Å². The molecule has 1 aromatic rings. The van der Waals surface area contributed by atoms with Crippen LogP contribution in [0.4, 0.5) is 0 Å². The lowest BCUT2D eigenvalue weighted by Crippen LogP contribution is -2.30. The Morgan fingerprint density at radius 2 is 2.35 bits per heavy atom. The second-order valence-electron chi connectivity index (χ2n) is 3.72. The van der Waals surface area contributed by atoms with Crippen LogP contribution in [-0.4, -0.2) is 18.3 Å². The largest absolute Gasteiger partial charge is 0.491 e. The fourth-order valence-electron chi connectivity index (χ4n) is 1.36. The summed E-state index contributed by atoms with van der Waals surface area (Å²) in [5.41, 5.74) is 2.63. The third-order valence-electron chi connectivity index (χ3n) is 2.27. The van der Waals surface area contributed by atoms with E-state index in [4.69, 9.17) is 10.6 Å². The predicted octanol–water partition coefficient (Wildman–Crippen LogP) is 1.04. The van der Waals surface area contributed by atoms with Crippen molar-refractivity contribution in [1.82, 2.24) is 5.43 Å². The molecule has 5 nitrogen and oxygen atoms in total. The molecule has 17 heavy (non-hydrogen) atoms. The predicted molar refractivity (Wildman–Crippen MR) is 63.5 cm³/mol. The number of rotatable bonds is 6. The molecule has 0 bridgehead atoms.